The number of aryl methyl sites for hydroxylation is 1. The van der Waals surface area contributed by atoms with Crippen LogP contribution in [0, 0.1) is 6.92 Å². The highest BCUT2D eigenvalue weighted by atomic mass is 16.6. The van der Waals surface area contributed by atoms with Crippen molar-refractivity contribution < 1.29 is 33.8 Å². The molecule has 2 unspecified atom stereocenters. The third kappa shape index (κ3) is 8.45. The molecule has 1 aliphatic rings. The Morgan fingerprint density at radius 3 is 2.40 bits per heavy atom. The van der Waals surface area contributed by atoms with Crippen molar-refractivity contribution in [1.82, 2.24) is 15.5 Å². The lowest BCUT2D eigenvalue weighted by Crippen LogP contribution is -2.52. The maximum atomic E-state index is 13.5. The number of esters is 1. The van der Waals surface area contributed by atoms with E-state index in [-0.39, 0.29) is 31.4 Å². The average molecular weight is 492 g/mol. The number of hydrogen-bond acceptors (Lipinski definition) is 7. The molecule has 10 heteroatoms. The molecular formula is C25H37N3O7. The number of nitrogens with one attached hydrogen (secondary N) is 2. The smallest absolute Gasteiger partial charge is 0.408 e. The van der Waals surface area contributed by atoms with Crippen LogP contribution in [0.1, 0.15) is 71.0 Å². The van der Waals surface area contributed by atoms with Crippen molar-refractivity contribution in [3.63, 3.8) is 0 Å². The van der Waals surface area contributed by atoms with Crippen LogP contribution in [0.25, 0.3) is 0 Å². The van der Waals surface area contributed by atoms with E-state index in [1.807, 2.05) is 0 Å². The second-order valence-electron chi connectivity index (χ2n) is 9.64. The minimum absolute atomic E-state index is 0.00508. The number of alkyl carbamates (subject to hydrolysis) is 1. The number of ether oxygens (including phenoxy) is 2. The second kappa shape index (κ2) is 11.9. The highest BCUT2D eigenvalue weighted by molar-refractivity contribution is 5.92. The van der Waals surface area contributed by atoms with Crippen LogP contribution in [0.3, 0.4) is 0 Å². The van der Waals surface area contributed by atoms with E-state index in [1.165, 1.54) is 11.0 Å². The summed E-state index contributed by atoms with van der Waals surface area (Å²) in [6.45, 7) is 10.4. The number of rotatable bonds is 10. The minimum atomic E-state index is -1.01. The van der Waals surface area contributed by atoms with Gasteiger partial charge in [-0.25, -0.2) is 4.79 Å². The van der Waals surface area contributed by atoms with Crippen LogP contribution in [0.5, 0.6) is 5.75 Å². The zero-order chi connectivity index (χ0) is 26.3. The number of carbonyl (C=O) groups excluding carboxylic acids is 4. The van der Waals surface area contributed by atoms with E-state index in [1.54, 1.807) is 53.7 Å². The number of phenolic OH excluding ortho intramolecular Hbond substituents is 1. The minimum Gasteiger partial charge on any atom is -0.508 e. The first-order chi connectivity index (χ1) is 16.3. The molecule has 10 nitrogen and oxygen atoms in total. The number of aromatic hydroxyl groups is 1. The van der Waals surface area contributed by atoms with Crippen molar-refractivity contribution in [2.24, 2.45) is 0 Å². The Hall–Kier alpha value is -3.30. The zero-order valence-corrected chi connectivity index (χ0v) is 21.3. The third-order valence-electron chi connectivity index (χ3n) is 5.30. The normalized spacial score (nSPS) is 14.9. The summed E-state index contributed by atoms with van der Waals surface area (Å²) >= 11 is 0. The van der Waals surface area contributed by atoms with Gasteiger partial charge in [0.15, 0.2) is 0 Å². The van der Waals surface area contributed by atoms with Gasteiger partial charge in [0.2, 0.25) is 11.8 Å². The van der Waals surface area contributed by atoms with E-state index in [4.69, 9.17) is 9.47 Å². The monoisotopic (exact) mass is 491 g/mol. The topological polar surface area (TPSA) is 134 Å². The van der Waals surface area contributed by atoms with Gasteiger partial charge in [-0.1, -0.05) is 6.07 Å². The van der Waals surface area contributed by atoms with Gasteiger partial charge < -0.3 is 30.1 Å². The first-order valence-corrected chi connectivity index (χ1v) is 11.9. The van der Waals surface area contributed by atoms with Gasteiger partial charge in [0.1, 0.15) is 23.4 Å². The lowest BCUT2D eigenvalue weighted by molar-refractivity contribution is -0.144. The van der Waals surface area contributed by atoms with Crippen LogP contribution >= 0.6 is 0 Å². The largest absolute Gasteiger partial charge is 0.508 e. The lowest BCUT2D eigenvalue weighted by atomic mass is 10.00. The van der Waals surface area contributed by atoms with Gasteiger partial charge >= 0.3 is 12.1 Å². The second-order valence-corrected chi connectivity index (χ2v) is 9.64. The van der Waals surface area contributed by atoms with Crippen molar-refractivity contribution in [2.75, 3.05) is 13.2 Å². The zero-order valence-electron chi connectivity index (χ0n) is 21.3. The van der Waals surface area contributed by atoms with E-state index in [2.05, 4.69) is 10.6 Å². The molecule has 0 radical (unpaired) electrons. The fraction of sp³-hybridized carbons (Fsp3) is 0.600. The number of benzene rings is 1. The Morgan fingerprint density at radius 2 is 1.86 bits per heavy atom. The molecule has 35 heavy (non-hydrogen) atoms. The number of hydrogen-bond donors (Lipinski definition) is 3. The molecule has 0 bridgehead atoms. The number of nitrogens with zero attached hydrogens (tertiary/aromatic N) is 1. The number of amides is 3. The molecule has 1 fully saturated rings. The summed E-state index contributed by atoms with van der Waals surface area (Å²) in [7, 11) is 0. The molecule has 2 atom stereocenters. The number of carbonyl (C=O) groups is 4. The van der Waals surface area contributed by atoms with Crippen molar-refractivity contribution in [2.45, 2.75) is 84.5 Å². The molecule has 2 rings (SSSR count). The maximum absolute atomic E-state index is 13.5. The van der Waals surface area contributed by atoms with E-state index < -0.39 is 41.6 Å². The van der Waals surface area contributed by atoms with Crippen LogP contribution in [0.15, 0.2) is 18.2 Å². The molecule has 0 heterocycles. The highest BCUT2D eigenvalue weighted by Gasteiger charge is 2.43. The molecule has 0 aliphatic heterocycles. The molecule has 0 aromatic heterocycles. The fourth-order valence-corrected chi connectivity index (χ4v) is 3.55. The van der Waals surface area contributed by atoms with Gasteiger partial charge in [-0.05, 0) is 77.6 Å². The molecule has 1 aromatic rings. The molecule has 1 saturated carbocycles. The average Bonchev–Trinajstić information content (AvgIpc) is 3.57. The van der Waals surface area contributed by atoms with Crippen molar-refractivity contribution in [3.05, 3.63) is 29.3 Å². The van der Waals surface area contributed by atoms with Crippen LogP contribution < -0.4 is 10.6 Å². The molecule has 1 aromatic carbocycles. The molecule has 194 valence electrons. The molecule has 3 N–H and O–H groups in total. The summed E-state index contributed by atoms with van der Waals surface area (Å²) in [6, 6.07) is 2.58. The fourth-order valence-electron chi connectivity index (χ4n) is 3.55. The predicted molar refractivity (Wildman–Crippen MR) is 129 cm³/mol. The van der Waals surface area contributed by atoms with Gasteiger partial charge in [0.05, 0.1) is 13.0 Å². The van der Waals surface area contributed by atoms with Crippen LogP contribution in [0.4, 0.5) is 4.79 Å². The SMILES string of the molecule is CCOC(=O)CCNC(=O)C(c1ccc(O)c(C)c1)N(C(=O)C(C)NC(=O)OC(C)(C)C)C1CC1. The Morgan fingerprint density at radius 1 is 1.20 bits per heavy atom. The van der Waals surface area contributed by atoms with E-state index in [0.29, 0.717) is 24.0 Å². The Bertz CT molecular complexity index is 937. The van der Waals surface area contributed by atoms with E-state index in [9.17, 15) is 24.3 Å². The van der Waals surface area contributed by atoms with E-state index in [0.717, 1.165) is 0 Å². The van der Waals surface area contributed by atoms with Gasteiger partial charge in [-0.15, -0.1) is 0 Å². The van der Waals surface area contributed by atoms with Crippen LogP contribution in [-0.2, 0) is 23.9 Å². The summed E-state index contributed by atoms with van der Waals surface area (Å²) in [5.74, 6) is -1.27. The summed E-state index contributed by atoms with van der Waals surface area (Å²) < 4.78 is 10.2. The van der Waals surface area contributed by atoms with Gasteiger partial charge in [-0.3, -0.25) is 14.4 Å². The third-order valence-corrected chi connectivity index (χ3v) is 5.30. The number of phenols is 1. The molecule has 0 spiro atoms. The first kappa shape index (κ1) is 27.9. The van der Waals surface area contributed by atoms with Gasteiger partial charge in [0.25, 0.3) is 0 Å². The van der Waals surface area contributed by atoms with Crippen molar-refractivity contribution >= 4 is 23.9 Å². The first-order valence-electron chi connectivity index (χ1n) is 11.9. The van der Waals surface area contributed by atoms with E-state index >= 15 is 0 Å². The van der Waals surface area contributed by atoms with Crippen molar-refractivity contribution in [1.29, 1.82) is 0 Å². The Kier molecular flexibility index (Phi) is 9.50. The maximum Gasteiger partial charge on any atom is 0.408 e. The summed E-state index contributed by atoms with van der Waals surface area (Å²) in [6.07, 6.45) is 0.697. The van der Waals surface area contributed by atoms with Crippen molar-refractivity contribution in [3.8, 4) is 5.75 Å². The predicted octanol–water partition coefficient (Wildman–Crippen LogP) is 2.72. The summed E-state index contributed by atoms with van der Waals surface area (Å²) in [5.41, 5.74) is 0.335. The molecule has 3 amide bonds. The molecular weight excluding hydrogens is 454 g/mol. The highest BCUT2D eigenvalue weighted by Crippen LogP contribution is 2.36. The van der Waals surface area contributed by atoms with Crippen LogP contribution in [-0.4, -0.2) is 64.7 Å². The molecule has 1 aliphatic carbocycles. The van der Waals surface area contributed by atoms with Gasteiger partial charge in [0, 0.05) is 12.6 Å². The molecule has 0 saturated heterocycles. The summed E-state index contributed by atoms with van der Waals surface area (Å²) in [5, 5.41) is 15.2. The lowest BCUT2D eigenvalue weighted by Gasteiger charge is -2.34. The Balaban J connectivity index is 2.29. The summed E-state index contributed by atoms with van der Waals surface area (Å²) in [4.78, 5) is 52.3. The quantitative estimate of drug-likeness (QED) is 0.428. The van der Waals surface area contributed by atoms with Gasteiger partial charge in [-0.2, -0.15) is 0 Å². The standard InChI is InChI=1S/C25H37N3O7/c1-7-34-20(30)12-13-26-22(31)21(17-8-11-19(29)15(2)14-17)28(18-9-10-18)23(32)16(3)27-24(33)35-25(4,5)6/h8,11,14,16,18,21,29H,7,9-10,12-13H2,1-6H3,(H,26,31)(H,27,33). The Labute approximate surface area is 206 Å². The van der Waals surface area contributed by atoms with Crippen LogP contribution in [0.2, 0.25) is 0 Å².